The van der Waals surface area contributed by atoms with Gasteiger partial charge in [-0.25, -0.2) is 0 Å². The minimum atomic E-state index is -0.00776. The number of nitrogens with one attached hydrogen (secondary N) is 1. The summed E-state index contributed by atoms with van der Waals surface area (Å²) in [7, 11) is 0. The summed E-state index contributed by atoms with van der Waals surface area (Å²) in [6.45, 7) is 7.88. The molecule has 2 amide bonds. The standard InChI is InChI=1S/C21H27N3O4/c1-4-22-20(25)16-9-11-24(12-10-16)21(26)17-5-7-18(8-6-17)27-13-19-14(2)23-28-15(19)3/h5-8,16H,4,9-13H2,1-3H3,(H,22,25). The third kappa shape index (κ3) is 4.52. The van der Waals surface area contributed by atoms with Gasteiger partial charge in [0.1, 0.15) is 18.1 Å². The molecule has 28 heavy (non-hydrogen) atoms. The van der Waals surface area contributed by atoms with E-state index in [0.717, 1.165) is 17.0 Å². The SMILES string of the molecule is CCNC(=O)C1CCN(C(=O)c2ccc(OCc3c(C)noc3C)cc2)CC1. The Balaban J connectivity index is 1.53. The number of rotatable bonds is 6. The first-order chi connectivity index (χ1) is 13.5. The maximum atomic E-state index is 12.7. The van der Waals surface area contributed by atoms with Crippen LogP contribution < -0.4 is 10.1 Å². The van der Waals surface area contributed by atoms with Gasteiger partial charge in [-0.05, 0) is 57.9 Å². The van der Waals surface area contributed by atoms with Crippen LogP contribution in [-0.4, -0.2) is 41.5 Å². The van der Waals surface area contributed by atoms with Crippen LogP contribution >= 0.6 is 0 Å². The summed E-state index contributed by atoms with van der Waals surface area (Å²) in [5, 5.41) is 6.77. The van der Waals surface area contributed by atoms with E-state index in [1.54, 1.807) is 24.3 Å². The summed E-state index contributed by atoms with van der Waals surface area (Å²) < 4.78 is 10.9. The number of likely N-dealkylation sites (tertiary alicyclic amines) is 1. The van der Waals surface area contributed by atoms with Crippen molar-refractivity contribution in [3.63, 3.8) is 0 Å². The van der Waals surface area contributed by atoms with Crippen molar-refractivity contribution >= 4 is 11.8 Å². The van der Waals surface area contributed by atoms with Crippen molar-refractivity contribution in [1.82, 2.24) is 15.4 Å². The second-order valence-corrected chi connectivity index (χ2v) is 7.08. The summed E-state index contributed by atoms with van der Waals surface area (Å²) in [4.78, 5) is 26.5. The smallest absolute Gasteiger partial charge is 0.253 e. The Hall–Kier alpha value is -2.83. The van der Waals surface area contributed by atoms with E-state index in [4.69, 9.17) is 9.26 Å². The summed E-state index contributed by atoms with van der Waals surface area (Å²) in [5.74, 6) is 1.52. The zero-order valence-electron chi connectivity index (χ0n) is 16.7. The molecule has 150 valence electrons. The van der Waals surface area contributed by atoms with Gasteiger partial charge in [0.05, 0.1) is 11.3 Å². The molecule has 2 aromatic rings. The van der Waals surface area contributed by atoms with Gasteiger partial charge in [-0.1, -0.05) is 5.16 Å². The summed E-state index contributed by atoms with van der Waals surface area (Å²) in [6, 6.07) is 7.15. The summed E-state index contributed by atoms with van der Waals surface area (Å²) >= 11 is 0. The van der Waals surface area contributed by atoms with Gasteiger partial charge >= 0.3 is 0 Å². The average Bonchev–Trinajstić information content (AvgIpc) is 3.04. The normalized spacial score (nSPS) is 14.8. The van der Waals surface area contributed by atoms with Crippen LogP contribution in [0.2, 0.25) is 0 Å². The molecule has 0 spiro atoms. The first kappa shape index (κ1) is 19.9. The van der Waals surface area contributed by atoms with Gasteiger partial charge in [-0.3, -0.25) is 9.59 Å². The molecule has 7 heteroatoms. The lowest BCUT2D eigenvalue weighted by molar-refractivity contribution is -0.126. The van der Waals surface area contributed by atoms with E-state index in [1.807, 2.05) is 25.7 Å². The van der Waals surface area contributed by atoms with Crippen LogP contribution in [0.1, 0.15) is 47.1 Å². The number of hydrogen-bond acceptors (Lipinski definition) is 5. The Labute approximate surface area is 165 Å². The molecule has 1 aromatic heterocycles. The Bertz CT molecular complexity index is 801. The molecule has 1 N–H and O–H groups in total. The number of hydrogen-bond donors (Lipinski definition) is 1. The number of nitrogens with zero attached hydrogens (tertiary/aromatic N) is 2. The average molecular weight is 385 g/mol. The number of aromatic nitrogens is 1. The van der Waals surface area contributed by atoms with Crippen molar-refractivity contribution < 1.29 is 18.8 Å². The third-order valence-electron chi connectivity index (χ3n) is 5.17. The van der Waals surface area contributed by atoms with Crippen molar-refractivity contribution in [2.45, 2.75) is 40.2 Å². The number of piperidine rings is 1. The zero-order chi connectivity index (χ0) is 20.1. The van der Waals surface area contributed by atoms with Crippen LogP contribution in [0.25, 0.3) is 0 Å². The van der Waals surface area contributed by atoms with Crippen molar-refractivity contribution in [3.8, 4) is 5.75 Å². The second kappa shape index (κ2) is 8.91. The molecule has 0 saturated carbocycles. The van der Waals surface area contributed by atoms with Crippen molar-refractivity contribution in [2.24, 2.45) is 5.92 Å². The number of carbonyl (C=O) groups excluding carboxylic acids is 2. The first-order valence-electron chi connectivity index (χ1n) is 9.71. The van der Waals surface area contributed by atoms with Crippen molar-refractivity contribution in [3.05, 3.63) is 46.8 Å². The molecule has 0 bridgehead atoms. The number of ether oxygens (including phenoxy) is 1. The quantitative estimate of drug-likeness (QED) is 0.826. The molecule has 0 unspecified atom stereocenters. The fourth-order valence-corrected chi connectivity index (χ4v) is 3.40. The van der Waals surface area contributed by atoms with E-state index >= 15 is 0 Å². The van der Waals surface area contributed by atoms with Gasteiger partial charge in [0, 0.05) is 31.1 Å². The van der Waals surface area contributed by atoms with E-state index in [2.05, 4.69) is 10.5 Å². The highest BCUT2D eigenvalue weighted by Gasteiger charge is 2.27. The summed E-state index contributed by atoms with van der Waals surface area (Å²) in [5.41, 5.74) is 2.39. The lowest BCUT2D eigenvalue weighted by atomic mass is 9.95. The molecule has 0 atom stereocenters. The molecule has 3 rings (SSSR count). The Morgan fingerprint density at radius 3 is 2.46 bits per heavy atom. The highest BCUT2D eigenvalue weighted by Crippen LogP contribution is 2.21. The van der Waals surface area contributed by atoms with Crippen LogP contribution in [0.5, 0.6) is 5.75 Å². The number of amides is 2. The lowest BCUT2D eigenvalue weighted by Gasteiger charge is -2.31. The minimum Gasteiger partial charge on any atom is -0.489 e. The van der Waals surface area contributed by atoms with Gasteiger partial charge in [-0.15, -0.1) is 0 Å². The van der Waals surface area contributed by atoms with Crippen molar-refractivity contribution in [1.29, 1.82) is 0 Å². The predicted octanol–water partition coefficient (Wildman–Crippen LogP) is 2.86. The topological polar surface area (TPSA) is 84.7 Å². The van der Waals surface area contributed by atoms with E-state index in [9.17, 15) is 9.59 Å². The molecule has 1 fully saturated rings. The van der Waals surface area contributed by atoms with E-state index in [-0.39, 0.29) is 17.7 Å². The van der Waals surface area contributed by atoms with Gasteiger partial charge in [0.25, 0.3) is 5.91 Å². The van der Waals surface area contributed by atoms with Gasteiger partial charge in [-0.2, -0.15) is 0 Å². The fraction of sp³-hybridized carbons (Fsp3) is 0.476. The predicted molar refractivity (Wildman–Crippen MR) is 104 cm³/mol. The summed E-state index contributed by atoms with van der Waals surface area (Å²) in [6.07, 6.45) is 1.41. The lowest BCUT2D eigenvalue weighted by Crippen LogP contribution is -2.43. The highest BCUT2D eigenvalue weighted by molar-refractivity contribution is 5.94. The highest BCUT2D eigenvalue weighted by atomic mass is 16.5. The number of carbonyl (C=O) groups is 2. The maximum Gasteiger partial charge on any atom is 0.253 e. The Morgan fingerprint density at radius 2 is 1.89 bits per heavy atom. The second-order valence-electron chi connectivity index (χ2n) is 7.08. The number of aryl methyl sites for hydroxylation is 2. The molecule has 0 radical (unpaired) electrons. The van der Waals surface area contributed by atoms with Crippen LogP contribution in [0.15, 0.2) is 28.8 Å². The molecule has 7 nitrogen and oxygen atoms in total. The fourth-order valence-electron chi connectivity index (χ4n) is 3.40. The molecule has 1 aliphatic heterocycles. The maximum absolute atomic E-state index is 12.7. The van der Waals surface area contributed by atoms with Crippen LogP contribution in [0, 0.1) is 19.8 Å². The largest absolute Gasteiger partial charge is 0.489 e. The van der Waals surface area contributed by atoms with Crippen LogP contribution in [0.4, 0.5) is 0 Å². The minimum absolute atomic E-state index is 0.00380. The van der Waals surface area contributed by atoms with E-state index < -0.39 is 0 Å². The third-order valence-corrected chi connectivity index (χ3v) is 5.17. The molecule has 1 aromatic carbocycles. The molecule has 1 saturated heterocycles. The number of benzene rings is 1. The Kier molecular flexibility index (Phi) is 6.34. The molecular formula is C21H27N3O4. The first-order valence-corrected chi connectivity index (χ1v) is 9.71. The van der Waals surface area contributed by atoms with Gasteiger partial charge < -0.3 is 19.5 Å². The van der Waals surface area contributed by atoms with Crippen molar-refractivity contribution in [2.75, 3.05) is 19.6 Å². The molecular weight excluding hydrogens is 358 g/mol. The molecule has 1 aliphatic rings. The van der Waals surface area contributed by atoms with Crippen LogP contribution in [-0.2, 0) is 11.4 Å². The van der Waals surface area contributed by atoms with E-state index in [1.165, 1.54) is 0 Å². The van der Waals surface area contributed by atoms with Gasteiger partial charge in [0.15, 0.2) is 0 Å². The van der Waals surface area contributed by atoms with Gasteiger partial charge in [0.2, 0.25) is 5.91 Å². The van der Waals surface area contributed by atoms with E-state index in [0.29, 0.717) is 50.4 Å². The molecule has 2 heterocycles. The molecule has 0 aliphatic carbocycles. The zero-order valence-corrected chi connectivity index (χ0v) is 16.7. The Morgan fingerprint density at radius 1 is 1.21 bits per heavy atom. The van der Waals surface area contributed by atoms with Crippen LogP contribution in [0.3, 0.4) is 0 Å². The monoisotopic (exact) mass is 385 g/mol.